The summed E-state index contributed by atoms with van der Waals surface area (Å²) in [6.07, 6.45) is 1.44. The molecule has 2 aromatic rings. The van der Waals surface area contributed by atoms with Gasteiger partial charge in [-0.1, -0.05) is 26.0 Å². The van der Waals surface area contributed by atoms with E-state index in [1.54, 1.807) is 0 Å². The van der Waals surface area contributed by atoms with E-state index in [0.717, 1.165) is 0 Å². The van der Waals surface area contributed by atoms with Crippen LogP contribution in [-0.4, -0.2) is 19.2 Å². The number of pyridine rings is 1. The van der Waals surface area contributed by atoms with Crippen LogP contribution < -0.4 is 5.73 Å². The van der Waals surface area contributed by atoms with E-state index >= 15 is 0 Å². The Morgan fingerprint density at radius 1 is 1.39 bits per heavy atom. The van der Waals surface area contributed by atoms with Crippen LogP contribution in [-0.2, 0) is 10.8 Å². The fourth-order valence-corrected chi connectivity index (χ4v) is 3.06. The lowest BCUT2D eigenvalue weighted by Crippen LogP contribution is -2.13. The monoisotopic (exact) mass is 398 g/mol. The molecule has 0 saturated carbocycles. The van der Waals surface area contributed by atoms with Gasteiger partial charge < -0.3 is 5.73 Å². The van der Waals surface area contributed by atoms with Gasteiger partial charge in [-0.3, -0.25) is 15.5 Å². The first-order valence-electron chi connectivity index (χ1n) is 6.57. The summed E-state index contributed by atoms with van der Waals surface area (Å²) in [6.45, 7) is 4.00. The second kappa shape index (κ2) is 8.49. The molecule has 9 heteroatoms. The van der Waals surface area contributed by atoms with E-state index < -0.39 is 15.7 Å². The van der Waals surface area contributed by atoms with Crippen LogP contribution in [0.15, 0.2) is 45.9 Å². The maximum absolute atomic E-state index is 12.4. The standard InChI is InChI=1S/C12H9BrN4O3S.C2H6/c13-7-5-8(11(14)16-6-7)12(15)21(20)10-4-2-1-3-9(10)17(18)19;1-2/h1-6,15H,(H2,14,16);1-2H3. The minimum Gasteiger partial charge on any atom is -0.383 e. The van der Waals surface area contributed by atoms with Crippen LogP contribution in [0.5, 0.6) is 0 Å². The minimum atomic E-state index is -2.03. The molecule has 0 bridgehead atoms. The summed E-state index contributed by atoms with van der Waals surface area (Å²) in [5, 5.41) is 18.6. The van der Waals surface area contributed by atoms with Gasteiger partial charge in [-0.05, 0) is 28.1 Å². The molecule has 0 aliphatic rings. The average Bonchev–Trinajstić information content (AvgIpc) is 2.57. The number of anilines is 1. The van der Waals surface area contributed by atoms with E-state index in [-0.39, 0.29) is 27.0 Å². The Morgan fingerprint density at radius 2 is 2.00 bits per heavy atom. The number of rotatable bonds is 3. The molecule has 1 aromatic heterocycles. The lowest BCUT2D eigenvalue weighted by Gasteiger charge is -2.07. The van der Waals surface area contributed by atoms with Gasteiger partial charge in [0.1, 0.15) is 26.6 Å². The summed E-state index contributed by atoms with van der Waals surface area (Å²) in [5.74, 6) is 0.0372. The topological polar surface area (TPSA) is 123 Å². The first-order chi connectivity index (χ1) is 10.9. The summed E-state index contributed by atoms with van der Waals surface area (Å²) in [6, 6.07) is 7.08. The molecule has 0 fully saturated rings. The van der Waals surface area contributed by atoms with Gasteiger partial charge in [0.05, 0.1) is 10.5 Å². The molecule has 1 aromatic carbocycles. The molecule has 3 N–H and O–H groups in total. The third kappa shape index (κ3) is 4.42. The predicted octanol–water partition coefficient (Wildman–Crippen LogP) is 3.49. The Hall–Kier alpha value is -2.13. The highest BCUT2D eigenvalue weighted by molar-refractivity contribution is 9.10. The van der Waals surface area contributed by atoms with E-state index in [4.69, 9.17) is 11.1 Å². The van der Waals surface area contributed by atoms with Crippen molar-refractivity contribution in [3.8, 4) is 0 Å². The number of nitrogens with zero attached hydrogens (tertiary/aromatic N) is 2. The number of nitrogens with one attached hydrogen (secondary N) is 1. The van der Waals surface area contributed by atoms with Crippen molar-refractivity contribution in [2.75, 3.05) is 5.73 Å². The van der Waals surface area contributed by atoms with Crippen LogP contribution in [0.3, 0.4) is 0 Å². The largest absolute Gasteiger partial charge is 0.383 e. The molecule has 0 amide bonds. The average molecular weight is 399 g/mol. The predicted molar refractivity (Wildman–Crippen MR) is 94.0 cm³/mol. The van der Waals surface area contributed by atoms with E-state index in [0.29, 0.717) is 4.47 Å². The lowest BCUT2D eigenvalue weighted by atomic mass is 10.3. The molecule has 1 atom stereocenters. The summed E-state index contributed by atoms with van der Waals surface area (Å²) < 4.78 is 13.0. The Bertz CT molecular complexity index is 767. The second-order valence-corrected chi connectivity index (χ2v) is 6.21. The molecule has 122 valence electrons. The van der Waals surface area contributed by atoms with Gasteiger partial charge in [0.15, 0.2) is 0 Å². The molecule has 0 spiro atoms. The van der Waals surface area contributed by atoms with Crippen LogP contribution in [0.2, 0.25) is 0 Å². The van der Waals surface area contributed by atoms with Crippen molar-refractivity contribution in [2.45, 2.75) is 18.7 Å². The molecule has 0 aliphatic heterocycles. The number of nitrogens with two attached hydrogens (primary N) is 1. The summed E-state index contributed by atoms with van der Waals surface area (Å²) in [5.41, 5.74) is 5.53. The molecule has 23 heavy (non-hydrogen) atoms. The number of nitro groups is 1. The van der Waals surface area contributed by atoms with E-state index in [1.807, 2.05) is 13.8 Å². The van der Waals surface area contributed by atoms with Gasteiger partial charge >= 0.3 is 0 Å². The fraction of sp³-hybridized carbons (Fsp3) is 0.143. The molecule has 0 radical (unpaired) electrons. The van der Waals surface area contributed by atoms with Crippen LogP contribution in [0.25, 0.3) is 0 Å². The number of aromatic nitrogens is 1. The molecule has 1 unspecified atom stereocenters. The Kier molecular flexibility index (Phi) is 6.98. The Balaban J connectivity index is 0.00000127. The quantitative estimate of drug-likeness (QED) is 0.354. The number of hydrogen-bond acceptors (Lipinski definition) is 6. The second-order valence-electron chi connectivity index (χ2n) is 3.91. The highest BCUT2D eigenvalue weighted by atomic mass is 79.9. The Morgan fingerprint density at radius 3 is 2.61 bits per heavy atom. The highest BCUT2D eigenvalue weighted by Gasteiger charge is 2.23. The van der Waals surface area contributed by atoms with Gasteiger partial charge in [0.25, 0.3) is 5.69 Å². The van der Waals surface area contributed by atoms with Gasteiger partial charge in [-0.2, -0.15) is 0 Å². The zero-order valence-electron chi connectivity index (χ0n) is 12.4. The number of hydrogen-bond donors (Lipinski definition) is 2. The number of para-hydroxylation sites is 1. The van der Waals surface area contributed by atoms with Crippen LogP contribution in [0.1, 0.15) is 19.4 Å². The summed E-state index contributed by atoms with van der Waals surface area (Å²) >= 11 is 3.19. The maximum atomic E-state index is 12.4. The Labute approximate surface area is 144 Å². The smallest absolute Gasteiger partial charge is 0.285 e. The number of benzene rings is 1. The van der Waals surface area contributed by atoms with Crippen molar-refractivity contribution in [3.63, 3.8) is 0 Å². The zero-order chi connectivity index (χ0) is 17.6. The van der Waals surface area contributed by atoms with Crippen LogP contribution in [0.4, 0.5) is 11.5 Å². The molecular formula is C14H15BrN4O3S. The molecule has 0 saturated heterocycles. The third-order valence-electron chi connectivity index (χ3n) is 2.58. The first-order valence-corrected chi connectivity index (χ1v) is 8.51. The van der Waals surface area contributed by atoms with Crippen molar-refractivity contribution in [1.29, 1.82) is 5.41 Å². The van der Waals surface area contributed by atoms with Crippen molar-refractivity contribution in [1.82, 2.24) is 4.98 Å². The molecule has 1 heterocycles. The van der Waals surface area contributed by atoms with E-state index in [1.165, 1.54) is 36.5 Å². The van der Waals surface area contributed by atoms with Crippen LogP contribution in [0, 0.1) is 15.5 Å². The van der Waals surface area contributed by atoms with Crippen molar-refractivity contribution in [3.05, 3.63) is 56.7 Å². The number of nitrogen functional groups attached to an aromatic ring is 1. The molecule has 2 rings (SSSR count). The molecule has 7 nitrogen and oxygen atoms in total. The van der Waals surface area contributed by atoms with Crippen molar-refractivity contribution >= 4 is 43.3 Å². The SMILES string of the molecule is CC.N=C(c1cc(Br)cnc1N)S(=O)c1ccccc1[N+](=O)[O-]. The van der Waals surface area contributed by atoms with Crippen LogP contribution >= 0.6 is 15.9 Å². The van der Waals surface area contributed by atoms with Gasteiger partial charge in [0.2, 0.25) is 0 Å². The van der Waals surface area contributed by atoms with E-state index in [2.05, 4.69) is 20.9 Å². The van der Waals surface area contributed by atoms with Gasteiger partial charge in [0, 0.05) is 16.7 Å². The number of halogens is 1. The highest BCUT2D eigenvalue weighted by Crippen LogP contribution is 2.25. The first kappa shape index (κ1) is 18.9. The van der Waals surface area contributed by atoms with E-state index in [9.17, 15) is 14.3 Å². The van der Waals surface area contributed by atoms with Gasteiger partial charge in [-0.25, -0.2) is 9.19 Å². The zero-order valence-corrected chi connectivity index (χ0v) is 14.8. The fourth-order valence-electron chi connectivity index (χ4n) is 1.61. The third-order valence-corrected chi connectivity index (χ3v) is 4.35. The summed E-state index contributed by atoms with van der Waals surface area (Å²) in [4.78, 5) is 14.1. The number of nitro benzene ring substituents is 1. The maximum Gasteiger partial charge on any atom is 0.285 e. The van der Waals surface area contributed by atoms with Gasteiger partial charge in [-0.15, -0.1) is 0 Å². The minimum absolute atomic E-state index is 0.0372. The van der Waals surface area contributed by atoms with Crippen molar-refractivity contribution < 1.29 is 9.13 Å². The van der Waals surface area contributed by atoms with Crippen molar-refractivity contribution in [2.24, 2.45) is 0 Å². The summed E-state index contributed by atoms with van der Waals surface area (Å²) in [7, 11) is -2.03. The lowest BCUT2D eigenvalue weighted by molar-refractivity contribution is -0.387. The molecule has 0 aliphatic carbocycles. The molecular weight excluding hydrogens is 384 g/mol. The normalized spacial score (nSPS) is 11.1.